The number of rotatable bonds is 5. The van der Waals surface area contributed by atoms with Gasteiger partial charge >= 0.3 is 0 Å². The average Bonchev–Trinajstić information content (AvgIpc) is 2.55. The monoisotopic (exact) mass is 360 g/mol. The summed E-state index contributed by atoms with van der Waals surface area (Å²) >= 11 is 0. The fourth-order valence-electron chi connectivity index (χ4n) is 2.10. The molecular formula is C16H20N6O2S. The molecule has 9 heteroatoms. The van der Waals surface area contributed by atoms with Crippen molar-refractivity contribution in [1.82, 2.24) is 4.72 Å². The maximum atomic E-state index is 12.5. The van der Waals surface area contributed by atoms with Crippen molar-refractivity contribution in [2.75, 3.05) is 0 Å². The van der Waals surface area contributed by atoms with Gasteiger partial charge in [0.25, 0.3) is 0 Å². The number of hydrogen-bond donors (Lipinski definition) is 4. The van der Waals surface area contributed by atoms with Crippen molar-refractivity contribution in [3.05, 3.63) is 60.2 Å². The van der Waals surface area contributed by atoms with Crippen molar-refractivity contribution >= 4 is 27.6 Å². The molecule has 0 bridgehead atoms. The molecule has 0 aromatic heterocycles. The van der Waals surface area contributed by atoms with E-state index in [0.29, 0.717) is 5.69 Å². The highest BCUT2D eigenvalue weighted by Gasteiger charge is 2.18. The Morgan fingerprint density at radius 2 is 1.60 bits per heavy atom. The van der Waals surface area contributed by atoms with Crippen molar-refractivity contribution < 1.29 is 8.42 Å². The molecule has 1 unspecified atom stereocenters. The zero-order valence-electron chi connectivity index (χ0n) is 13.6. The maximum Gasteiger partial charge on any atom is 0.241 e. The molecule has 7 N–H and O–H groups in total. The number of guanidine groups is 2. The number of nitrogens with two attached hydrogens (primary N) is 3. The molecule has 0 aliphatic rings. The molecule has 0 spiro atoms. The van der Waals surface area contributed by atoms with Gasteiger partial charge in [-0.05, 0) is 36.8 Å². The van der Waals surface area contributed by atoms with Crippen LogP contribution in [-0.4, -0.2) is 20.3 Å². The molecule has 0 aliphatic carbocycles. The molecular weight excluding hydrogens is 340 g/mol. The van der Waals surface area contributed by atoms with E-state index in [9.17, 15) is 8.42 Å². The molecule has 2 aromatic carbocycles. The zero-order chi connectivity index (χ0) is 18.4. The molecule has 2 aromatic rings. The van der Waals surface area contributed by atoms with Crippen LogP contribution in [0.5, 0.6) is 0 Å². The Kier molecular flexibility index (Phi) is 5.73. The van der Waals surface area contributed by atoms with E-state index in [0.717, 1.165) is 5.56 Å². The Morgan fingerprint density at radius 1 is 1.00 bits per heavy atom. The van der Waals surface area contributed by atoms with Crippen LogP contribution in [0.4, 0.5) is 5.69 Å². The predicted molar refractivity (Wildman–Crippen MR) is 98.7 cm³/mol. The average molecular weight is 360 g/mol. The van der Waals surface area contributed by atoms with Gasteiger partial charge in [0.2, 0.25) is 16.0 Å². The third kappa shape index (κ3) is 5.30. The lowest BCUT2D eigenvalue weighted by atomic mass is 10.1. The van der Waals surface area contributed by atoms with Gasteiger partial charge in [0.05, 0.1) is 10.6 Å². The van der Waals surface area contributed by atoms with E-state index in [-0.39, 0.29) is 22.9 Å². The van der Waals surface area contributed by atoms with E-state index < -0.39 is 10.0 Å². The maximum absolute atomic E-state index is 12.5. The van der Waals surface area contributed by atoms with Gasteiger partial charge in [-0.3, -0.25) is 0 Å². The highest BCUT2D eigenvalue weighted by Crippen LogP contribution is 2.19. The summed E-state index contributed by atoms with van der Waals surface area (Å²) < 4.78 is 27.6. The minimum atomic E-state index is -3.67. The fraction of sp³-hybridized carbons (Fsp3) is 0.125. The summed E-state index contributed by atoms with van der Waals surface area (Å²) in [4.78, 5) is 7.67. The summed E-state index contributed by atoms with van der Waals surface area (Å²) in [6, 6.07) is 14.8. The SMILES string of the molecule is CC(NS(=O)(=O)c1ccc(N=C(N)N=C(N)N)cc1)c1ccccc1. The molecule has 2 rings (SSSR count). The van der Waals surface area contributed by atoms with Crippen LogP contribution >= 0.6 is 0 Å². The highest BCUT2D eigenvalue weighted by molar-refractivity contribution is 7.89. The first-order chi connectivity index (χ1) is 11.8. The number of nitrogens with one attached hydrogen (secondary N) is 1. The third-order valence-corrected chi connectivity index (χ3v) is 4.82. The van der Waals surface area contributed by atoms with Crippen molar-refractivity contribution in [2.24, 2.45) is 27.2 Å². The highest BCUT2D eigenvalue weighted by atomic mass is 32.2. The van der Waals surface area contributed by atoms with Crippen LogP contribution in [-0.2, 0) is 10.0 Å². The zero-order valence-corrected chi connectivity index (χ0v) is 14.4. The lowest BCUT2D eigenvalue weighted by Crippen LogP contribution is -2.26. The van der Waals surface area contributed by atoms with E-state index in [2.05, 4.69) is 14.7 Å². The first kappa shape index (κ1) is 18.4. The van der Waals surface area contributed by atoms with Crippen LogP contribution in [0.15, 0.2) is 69.5 Å². The second-order valence-corrected chi connectivity index (χ2v) is 6.97. The van der Waals surface area contributed by atoms with Crippen molar-refractivity contribution in [1.29, 1.82) is 0 Å². The summed E-state index contributed by atoms with van der Waals surface area (Å²) in [5, 5.41) is 0. The predicted octanol–water partition coefficient (Wildman–Crippen LogP) is 0.946. The first-order valence-electron chi connectivity index (χ1n) is 7.39. The Morgan fingerprint density at radius 3 is 2.16 bits per heavy atom. The summed E-state index contributed by atoms with van der Waals surface area (Å²) in [7, 11) is -3.67. The number of aliphatic imine (C=N–C) groups is 2. The van der Waals surface area contributed by atoms with E-state index in [1.165, 1.54) is 24.3 Å². The van der Waals surface area contributed by atoms with Crippen molar-refractivity contribution in [3.63, 3.8) is 0 Å². The van der Waals surface area contributed by atoms with Gasteiger partial charge in [0, 0.05) is 6.04 Å². The van der Waals surface area contributed by atoms with Crippen molar-refractivity contribution in [3.8, 4) is 0 Å². The lowest BCUT2D eigenvalue weighted by Gasteiger charge is -2.14. The van der Waals surface area contributed by atoms with E-state index in [1.807, 2.05) is 30.3 Å². The summed E-state index contributed by atoms with van der Waals surface area (Å²) in [5.41, 5.74) is 17.2. The molecule has 0 saturated heterocycles. The molecule has 0 saturated carbocycles. The third-order valence-electron chi connectivity index (χ3n) is 3.27. The van der Waals surface area contributed by atoms with Gasteiger partial charge in [-0.2, -0.15) is 4.99 Å². The largest absolute Gasteiger partial charge is 0.370 e. The van der Waals surface area contributed by atoms with E-state index in [1.54, 1.807) is 6.92 Å². The molecule has 0 amide bonds. The van der Waals surface area contributed by atoms with Gasteiger partial charge in [-0.25, -0.2) is 18.1 Å². The van der Waals surface area contributed by atoms with Crippen molar-refractivity contribution in [2.45, 2.75) is 17.9 Å². The van der Waals surface area contributed by atoms with E-state index in [4.69, 9.17) is 17.2 Å². The van der Waals surface area contributed by atoms with E-state index >= 15 is 0 Å². The molecule has 25 heavy (non-hydrogen) atoms. The topological polar surface area (TPSA) is 149 Å². The Bertz CT molecular complexity index is 873. The van der Waals surface area contributed by atoms with Crippen LogP contribution in [0, 0.1) is 0 Å². The summed E-state index contributed by atoms with van der Waals surface area (Å²) in [6.45, 7) is 1.78. The molecule has 1 atom stereocenters. The minimum absolute atomic E-state index is 0.119. The standard InChI is InChI=1S/C16H20N6O2S/c1-11(12-5-3-2-4-6-12)22-25(23,24)14-9-7-13(8-10-14)20-16(19)21-15(17)18/h2-11,22H,1H3,(H6,17,18,19,20,21). The van der Waals surface area contributed by atoms with Crippen LogP contribution < -0.4 is 21.9 Å². The Labute approximate surface area is 146 Å². The van der Waals surface area contributed by atoms with Gasteiger partial charge in [-0.1, -0.05) is 30.3 Å². The molecule has 0 fully saturated rings. The van der Waals surface area contributed by atoms with Crippen LogP contribution in [0.3, 0.4) is 0 Å². The number of hydrogen-bond acceptors (Lipinski definition) is 3. The van der Waals surface area contributed by atoms with Crippen LogP contribution in [0.1, 0.15) is 18.5 Å². The number of nitrogens with zero attached hydrogens (tertiary/aromatic N) is 2. The normalized spacial score (nSPS) is 13.2. The van der Waals surface area contributed by atoms with Gasteiger partial charge in [0.15, 0.2) is 5.96 Å². The molecule has 8 nitrogen and oxygen atoms in total. The summed E-state index contributed by atoms with van der Waals surface area (Å²) in [5.74, 6) is -0.328. The lowest BCUT2D eigenvalue weighted by molar-refractivity contribution is 0.567. The second kappa shape index (κ2) is 7.77. The first-order valence-corrected chi connectivity index (χ1v) is 8.87. The minimum Gasteiger partial charge on any atom is -0.370 e. The quantitative estimate of drug-likeness (QED) is 0.462. The number of sulfonamides is 1. The Hall–Kier alpha value is -2.91. The second-order valence-electron chi connectivity index (χ2n) is 5.25. The van der Waals surface area contributed by atoms with Gasteiger partial charge < -0.3 is 17.2 Å². The fourth-order valence-corrected chi connectivity index (χ4v) is 3.33. The van der Waals surface area contributed by atoms with Gasteiger partial charge in [-0.15, -0.1) is 0 Å². The van der Waals surface area contributed by atoms with Crippen LogP contribution in [0.2, 0.25) is 0 Å². The summed E-state index contributed by atoms with van der Waals surface area (Å²) in [6.07, 6.45) is 0. The number of benzene rings is 2. The smallest absolute Gasteiger partial charge is 0.241 e. The van der Waals surface area contributed by atoms with Gasteiger partial charge in [0.1, 0.15) is 0 Å². The van der Waals surface area contributed by atoms with Crippen LogP contribution in [0.25, 0.3) is 0 Å². The molecule has 0 aliphatic heterocycles. The molecule has 132 valence electrons. The molecule has 0 radical (unpaired) electrons. The molecule has 0 heterocycles. The Balaban J connectivity index is 2.16.